The molecule has 0 amide bonds. The first-order valence-corrected chi connectivity index (χ1v) is 7.08. The average molecular weight is 294 g/mol. The summed E-state index contributed by atoms with van der Waals surface area (Å²) in [5.74, 6) is -0.949. The van der Waals surface area contributed by atoms with Gasteiger partial charge in [0.2, 0.25) is 0 Å². The van der Waals surface area contributed by atoms with E-state index >= 15 is 0 Å². The lowest BCUT2D eigenvalue weighted by Gasteiger charge is -2.18. The maximum Gasteiger partial charge on any atom is 0.339 e. The van der Waals surface area contributed by atoms with Gasteiger partial charge in [0.15, 0.2) is 11.9 Å². The van der Waals surface area contributed by atoms with Crippen LogP contribution in [0.25, 0.3) is 0 Å². The van der Waals surface area contributed by atoms with E-state index in [1.807, 2.05) is 45.0 Å². The van der Waals surface area contributed by atoms with Gasteiger partial charge in [-0.1, -0.05) is 24.3 Å². The van der Waals surface area contributed by atoms with Crippen molar-refractivity contribution in [2.75, 3.05) is 20.3 Å². The SMILES string of the molecule is CCO[C@H](C(=O)OC)c1ccc(C2COC(C)(C)O2)cc1. The highest BCUT2D eigenvalue weighted by Gasteiger charge is 2.33. The molecule has 0 radical (unpaired) electrons. The molecule has 1 aromatic rings. The van der Waals surface area contributed by atoms with Gasteiger partial charge in [0, 0.05) is 6.61 Å². The molecule has 1 heterocycles. The Morgan fingerprint density at radius 3 is 2.52 bits per heavy atom. The Morgan fingerprint density at radius 1 is 1.38 bits per heavy atom. The van der Waals surface area contributed by atoms with Crippen LogP contribution < -0.4 is 0 Å². The van der Waals surface area contributed by atoms with E-state index in [2.05, 4.69) is 0 Å². The monoisotopic (exact) mass is 294 g/mol. The smallest absolute Gasteiger partial charge is 0.339 e. The number of carbonyl (C=O) groups is 1. The molecule has 0 aromatic heterocycles. The molecule has 1 aromatic carbocycles. The third kappa shape index (κ3) is 3.81. The van der Waals surface area contributed by atoms with Crippen LogP contribution >= 0.6 is 0 Å². The van der Waals surface area contributed by atoms with Gasteiger partial charge in [0.25, 0.3) is 0 Å². The maximum atomic E-state index is 11.7. The average Bonchev–Trinajstić information content (AvgIpc) is 2.84. The van der Waals surface area contributed by atoms with Gasteiger partial charge in [-0.25, -0.2) is 4.79 Å². The molecule has 0 bridgehead atoms. The van der Waals surface area contributed by atoms with Crippen molar-refractivity contribution < 1.29 is 23.7 Å². The summed E-state index contributed by atoms with van der Waals surface area (Å²) >= 11 is 0. The zero-order valence-electron chi connectivity index (χ0n) is 12.9. The second-order valence-electron chi connectivity index (χ2n) is 5.34. The summed E-state index contributed by atoms with van der Waals surface area (Å²) in [7, 11) is 1.36. The molecule has 0 N–H and O–H groups in total. The third-order valence-electron chi connectivity index (χ3n) is 3.37. The largest absolute Gasteiger partial charge is 0.467 e. The number of methoxy groups -OCH3 is 1. The topological polar surface area (TPSA) is 54.0 Å². The molecule has 1 fully saturated rings. The van der Waals surface area contributed by atoms with E-state index in [1.54, 1.807) is 0 Å². The molecule has 1 aliphatic rings. The number of esters is 1. The number of carbonyl (C=O) groups excluding carboxylic acids is 1. The zero-order chi connectivity index (χ0) is 15.5. The minimum Gasteiger partial charge on any atom is -0.467 e. The summed E-state index contributed by atoms with van der Waals surface area (Å²) < 4.78 is 21.6. The van der Waals surface area contributed by atoms with Crippen LogP contribution in [0.1, 0.15) is 44.1 Å². The molecule has 2 atom stereocenters. The molecule has 1 saturated heterocycles. The molecule has 1 aliphatic heterocycles. The standard InChI is InChI=1S/C16H22O5/c1-5-19-14(15(17)18-4)12-8-6-11(7-9-12)13-10-20-16(2,3)21-13/h6-9,13-14H,5,10H2,1-4H3/t13?,14-/m0/s1. The second kappa shape index (κ2) is 6.56. The summed E-state index contributed by atoms with van der Waals surface area (Å²) in [6.07, 6.45) is -0.774. The predicted molar refractivity (Wildman–Crippen MR) is 76.7 cm³/mol. The molecule has 2 rings (SSSR count). The maximum absolute atomic E-state index is 11.7. The fraction of sp³-hybridized carbons (Fsp3) is 0.562. The first-order chi connectivity index (χ1) is 9.96. The normalized spacial score (nSPS) is 22.0. The highest BCUT2D eigenvalue weighted by molar-refractivity contribution is 5.76. The molecule has 1 unspecified atom stereocenters. The van der Waals surface area contributed by atoms with Gasteiger partial charge in [-0.3, -0.25) is 0 Å². The van der Waals surface area contributed by atoms with Gasteiger partial charge >= 0.3 is 5.97 Å². The number of rotatable bonds is 5. The lowest BCUT2D eigenvalue weighted by molar-refractivity contribution is -0.154. The second-order valence-corrected chi connectivity index (χ2v) is 5.34. The van der Waals surface area contributed by atoms with E-state index in [9.17, 15) is 4.79 Å². The van der Waals surface area contributed by atoms with E-state index in [-0.39, 0.29) is 6.10 Å². The van der Waals surface area contributed by atoms with Crippen LogP contribution in [-0.2, 0) is 23.7 Å². The lowest BCUT2D eigenvalue weighted by atomic mass is 10.0. The predicted octanol–water partition coefficient (Wildman–Crippen LogP) is 2.76. The van der Waals surface area contributed by atoms with Gasteiger partial charge < -0.3 is 18.9 Å². The van der Waals surface area contributed by atoms with E-state index in [1.165, 1.54) is 7.11 Å². The number of hydrogen-bond donors (Lipinski definition) is 0. The summed E-state index contributed by atoms with van der Waals surface area (Å²) in [4.78, 5) is 11.7. The molecular weight excluding hydrogens is 272 g/mol. The molecule has 0 spiro atoms. The zero-order valence-corrected chi connectivity index (χ0v) is 12.9. The van der Waals surface area contributed by atoms with Crippen molar-refractivity contribution in [2.24, 2.45) is 0 Å². The van der Waals surface area contributed by atoms with Crippen LogP contribution in [0.2, 0.25) is 0 Å². The minimum atomic E-state index is -0.689. The Hall–Kier alpha value is -1.43. The van der Waals surface area contributed by atoms with Crippen molar-refractivity contribution in [1.29, 1.82) is 0 Å². The summed E-state index contributed by atoms with van der Waals surface area (Å²) in [6.45, 7) is 6.59. The molecular formula is C16H22O5. The van der Waals surface area contributed by atoms with Gasteiger partial charge in [-0.2, -0.15) is 0 Å². The van der Waals surface area contributed by atoms with Gasteiger partial charge in [0.1, 0.15) is 6.10 Å². The Balaban J connectivity index is 2.12. The summed E-state index contributed by atoms with van der Waals surface area (Å²) in [5.41, 5.74) is 1.79. The van der Waals surface area contributed by atoms with E-state index < -0.39 is 17.9 Å². The van der Waals surface area contributed by atoms with Crippen molar-refractivity contribution >= 4 is 5.97 Å². The van der Waals surface area contributed by atoms with Crippen LogP contribution in [0.15, 0.2) is 24.3 Å². The van der Waals surface area contributed by atoms with Crippen LogP contribution in [0.4, 0.5) is 0 Å². The molecule has 21 heavy (non-hydrogen) atoms. The molecule has 0 aliphatic carbocycles. The number of ether oxygens (including phenoxy) is 4. The fourth-order valence-electron chi connectivity index (χ4n) is 2.31. The van der Waals surface area contributed by atoms with Gasteiger partial charge in [0.05, 0.1) is 13.7 Å². The Bertz CT molecular complexity index is 480. The van der Waals surface area contributed by atoms with Crippen molar-refractivity contribution in [2.45, 2.75) is 38.8 Å². The van der Waals surface area contributed by atoms with Crippen molar-refractivity contribution in [3.8, 4) is 0 Å². The van der Waals surface area contributed by atoms with Crippen molar-refractivity contribution in [1.82, 2.24) is 0 Å². The van der Waals surface area contributed by atoms with Crippen LogP contribution in [0.5, 0.6) is 0 Å². The quantitative estimate of drug-likeness (QED) is 0.782. The molecule has 5 nitrogen and oxygen atoms in total. The van der Waals surface area contributed by atoms with E-state index in [0.717, 1.165) is 11.1 Å². The van der Waals surface area contributed by atoms with E-state index in [4.69, 9.17) is 18.9 Å². The van der Waals surface area contributed by atoms with Crippen LogP contribution in [-0.4, -0.2) is 32.1 Å². The lowest BCUT2D eigenvalue weighted by Crippen LogP contribution is -2.19. The third-order valence-corrected chi connectivity index (χ3v) is 3.37. The summed E-state index contributed by atoms with van der Waals surface area (Å²) in [5, 5.41) is 0. The minimum absolute atomic E-state index is 0.0854. The first-order valence-electron chi connectivity index (χ1n) is 7.08. The van der Waals surface area contributed by atoms with Crippen molar-refractivity contribution in [3.63, 3.8) is 0 Å². The Kier molecular flexibility index (Phi) is 4.98. The molecule has 5 heteroatoms. The van der Waals surface area contributed by atoms with E-state index in [0.29, 0.717) is 13.2 Å². The van der Waals surface area contributed by atoms with Crippen LogP contribution in [0.3, 0.4) is 0 Å². The highest BCUT2D eigenvalue weighted by Crippen LogP contribution is 2.33. The first kappa shape index (κ1) is 15.9. The number of hydrogen-bond acceptors (Lipinski definition) is 5. The summed E-state index contributed by atoms with van der Waals surface area (Å²) in [6, 6.07) is 7.59. The highest BCUT2D eigenvalue weighted by atomic mass is 16.7. The van der Waals surface area contributed by atoms with Gasteiger partial charge in [-0.15, -0.1) is 0 Å². The number of benzene rings is 1. The fourth-order valence-corrected chi connectivity index (χ4v) is 2.31. The molecule has 116 valence electrons. The van der Waals surface area contributed by atoms with Crippen LogP contribution in [0, 0.1) is 0 Å². The molecule has 0 saturated carbocycles. The van der Waals surface area contributed by atoms with Crippen molar-refractivity contribution in [3.05, 3.63) is 35.4 Å². The Labute approximate surface area is 125 Å². The van der Waals surface area contributed by atoms with Gasteiger partial charge in [-0.05, 0) is 31.9 Å². The Morgan fingerprint density at radius 2 is 2.05 bits per heavy atom.